The Kier molecular flexibility index (Phi) is 8.00. The van der Waals surface area contributed by atoms with Crippen LogP contribution in [0.2, 0.25) is 0 Å². The van der Waals surface area contributed by atoms with Crippen molar-refractivity contribution >= 4 is 0 Å². The number of benzene rings is 2. The average molecular weight is 413 g/mol. The topological polar surface area (TPSA) is 45.2 Å². The van der Waals surface area contributed by atoms with Crippen LogP contribution in [-0.2, 0) is 6.42 Å². The van der Waals surface area contributed by atoms with Crippen molar-refractivity contribution in [2.45, 2.75) is 34.1 Å². The third-order valence-corrected chi connectivity index (χ3v) is 6.11. The number of likely N-dealkylation sites (N-methyl/N-ethyl adjacent to an activating group) is 2. The Hall–Kier alpha value is -2.24. The number of hydrogen-bond acceptors (Lipinski definition) is 5. The molecule has 3 rings (SSSR count). The molecule has 0 spiro atoms. The van der Waals surface area contributed by atoms with Crippen molar-refractivity contribution in [3.63, 3.8) is 0 Å². The molecule has 1 aliphatic carbocycles. The molecule has 0 fully saturated rings. The first-order chi connectivity index (χ1) is 14.6. The van der Waals surface area contributed by atoms with E-state index in [4.69, 9.17) is 9.47 Å². The van der Waals surface area contributed by atoms with Crippen LogP contribution in [0.3, 0.4) is 0 Å². The number of hydrogen-bond donors (Lipinski definition) is 1. The third kappa shape index (κ3) is 5.08. The van der Waals surface area contributed by atoms with E-state index in [0.717, 1.165) is 56.1 Å². The van der Waals surface area contributed by atoms with E-state index < -0.39 is 0 Å². The van der Waals surface area contributed by atoms with Crippen LogP contribution in [0.5, 0.6) is 17.2 Å². The molecule has 0 bridgehead atoms. The quantitative estimate of drug-likeness (QED) is 0.478. The van der Waals surface area contributed by atoms with Gasteiger partial charge in [-0.25, -0.2) is 0 Å². The van der Waals surface area contributed by atoms with Crippen molar-refractivity contribution in [3.8, 4) is 28.4 Å². The maximum Gasteiger partial charge on any atom is 0.161 e. The van der Waals surface area contributed by atoms with Crippen LogP contribution in [0, 0.1) is 0 Å². The summed E-state index contributed by atoms with van der Waals surface area (Å²) in [4.78, 5) is 4.66. The van der Waals surface area contributed by atoms with Gasteiger partial charge in [0.2, 0.25) is 0 Å². The Morgan fingerprint density at radius 2 is 1.40 bits per heavy atom. The average Bonchev–Trinajstić information content (AvgIpc) is 3.14. The minimum absolute atomic E-state index is 0.271. The Morgan fingerprint density at radius 3 is 2.03 bits per heavy atom. The number of phenols is 1. The molecule has 1 aliphatic rings. The predicted octanol–water partition coefficient (Wildman–Crippen LogP) is 4.40. The van der Waals surface area contributed by atoms with E-state index in [1.54, 1.807) is 0 Å². The van der Waals surface area contributed by atoms with Gasteiger partial charge in [-0.3, -0.25) is 0 Å². The Labute approximate surface area is 181 Å². The van der Waals surface area contributed by atoms with Gasteiger partial charge >= 0.3 is 0 Å². The molecule has 2 aromatic carbocycles. The number of ether oxygens (including phenoxy) is 2. The second-order valence-corrected chi connectivity index (χ2v) is 7.68. The van der Waals surface area contributed by atoms with Gasteiger partial charge in [-0.15, -0.1) is 0 Å². The van der Waals surface area contributed by atoms with E-state index >= 15 is 0 Å². The molecule has 0 saturated carbocycles. The highest BCUT2D eigenvalue weighted by molar-refractivity contribution is 5.81. The molecule has 5 heteroatoms. The molecule has 0 radical (unpaired) electrons. The van der Waals surface area contributed by atoms with Gasteiger partial charge in [0.05, 0.1) is 0 Å². The lowest BCUT2D eigenvalue weighted by molar-refractivity contribution is 0.217. The Morgan fingerprint density at radius 1 is 0.800 bits per heavy atom. The van der Waals surface area contributed by atoms with E-state index in [1.165, 1.54) is 11.1 Å². The van der Waals surface area contributed by atoms with Crippen LogP contribution in [0.1, 0.15) is 38.8 Å². The zero-order valence-electron chi connectivity index (χ0n) is 18.9. The van der Waals surface area contributed by atoms with E-state index in [2.05, 4.69) is 55.7 Å². The van der Waals surface area contributed by atoms with Gasteiger partial charge in [0.15, 0.2) is 11.5 Å². The first kappa shape index (κ1) is 22.4. The van der Waals surface area contributed by atoms with Gasteiger partial charge in [-0.05, 0) is 61.1 Å². The molecule has 0 atom stereocenters. The van der Waals surface area contributed by atoms with E-state index in [1.807, 2.05) is 12.1 Å². The molecule has 0 aromatic heterocycles. The summed E-state index contributed by atoms with van der Waals surface area (Å²) in [6.45, 7) is 15.8. The monoisotopic (exact) mass is 412 g/mol. The van der Waals surface area contributed by atoms with Crippen molar-refractivity contribution in [2.75, 3.05) is 52.5 Å². The molecule has 0 amide bonds. The minimum Gasteiger partial charge on any atom is -0.504 e. The summed E-state index contributed by atoms with van der Waals surface area (Å²) in [7, 11) is 0. The van der Waals surface area contributed by atoms with Crippen molar-refractivity contribution in [2.24, 2.45) is 0 Å². The van der Waals surface area contributed by atoms with Crippen molar-refractivity contribution < 1.29 is 14.6 Å². The first-order valence-corrected chi connectivity index (χ1v) is 11.3. The summed E-state index contributed by atoms with van der Waals surface area (Å²) in [6, 6.07) is 10.2. The third-order valence-electron chi connectivity index (χ3n) is 6.11. The van der Waals surface area contributed by atoms with Gasteiger partial charge in [0, 0.05) is 25.1 Å². The highest BCUT2D eigenvalue weighted by Crippen LogP contribution is 2.45. The number of rotatable bonds is 12. The summed E-state index contributed by atoms with van der Waals surface area (Å²) in [5, 5.41) is 10.8. The lowest BCUT2D eigenvalue weighted by Crippen LogP contribution is -2.27. The fourth-order valence-electron chi connectivity index (χ4n) is 4.08. The SMILES string of the molecule is CCN(CC)CCOc1ccc2c(c1)Cc1c-2ccc(OCCN(CC)CC)c1O. The molecule has 0 aliphatic heterocycles. The molecule has 0 heterocycles. The van der Waals surface area contributed by atoms with Crippen molar-refractivity contribution in [1.29, 1.82) is 0 Å². The van der Waals surface area contributed by atoms with Gasteiger partial charge in [-0.2, -0.15) is 0 Å². The molecule has 0 saturated heterocycles. The summed E-state index contributed by atoms with van der Waals surface area (Å²) in [5.74, 6) is 1.74. The van der Waals surface area contributed by atoms with Crippen molar-refractivity contribution in [1.82, 2.24) is 9.80 Å². The van der Waals surface area contributed by atoms with Gasteiger partial charge in [0.1, 0.15) is 19.0 Å². The maximum absolute atomic E-state index is 10.8. The summed E-state index contributed by atoms with van der Waals surface area (Å²) < 4.78 is 11.9. The first-order valence-electron chi connectivity index (χ1n) is 11.3. The van der Waals surface area contributed by atoms with Gasteiger partial charge < -0.3 is 24.4 Å². The van der Waals surface area contributed by atoms with Gasteiger partial charge in [0.25, 0.3) is 0 Å². The molecule has 2 aromatic rings. The fourth-order valence-corrected chi connectivity index (χ4v) is 4.08. The molecule has 30 heavy (non-hydrogen) atoms. The number of aromatic hydroxyl groups is 1. The predicted molar refractivity (Wildman–Crippen MR) is 123 cm³/mol. The lowest BCUT2D eigenvalue weighted by Gasteiger charge is -2.18. The minimum atomic E-state index is 0.271. The maximum atomic E-state index is 10.8. The van der Waals surface area contributed by atoms with Crippen LogP contribution in [0.4, 0.5) is 0 Å². The van der Waals surface area contributed by atoms with Crippen LogP contribution in [0.25, 0.3) is 11.1 Å². The van der Waals surface area contributed by atoms with Crippen molar-refractivity contribution in [3.05, 3.63) is 41.5 Å². The Balaban J connectivity index is 1.64. The van der Waals surface area contributed by atoms with E-state index in [-0.39, 0.29) is 5.75 Å². The van der Waals surface area contributed by atoms with Gasteiger partial charge in [-0.1, -0.05) is 39.8 Å². The smallest absolute Gasteiger partial charge is 0.161 e. The molecule has 0 unspecified atom stereocenters. The molecule has 5 nitrogen and oxygen atoms in total. The summed E-state index contributed by atoms with van der Waals surface area (Å²) in [6.07, 6.45) is 0.705. The number of nitrogens with zero attached hydrogens (tertiary/aromatic N) is 2. The molecule has 1 N–H and O–H groups in total. The van der Waals surface area contributed by atoms with E-state index in [9.17, 15) is 5.11 Å². The highest BCUT2D eigenvalue weighted by atomic mass is 16.5. The molecular formula is C25H36N2O3. The number of fused-ring (bicyclic) bond motifs is 3. The zero-order chi connectivity index (χ0) is 21.5. The second-order valence-electron chi connectivity index (χ2n) is 7.68. The Bertz CT molecular complexity index is 829. The fraction of sp³-hybridized carbons (Fsp3) is 0.520. The number of phenolic OH excluding ortho intramolecular Hbond substituents is 1. The molecule has 164 valence electrons. The van der Waals surface area contributed by atoms with Crippen LogP contribution >= 0.6 is 0 Å². The lowest BCUT2D eigenvalue weighted by atomic mass is 10.0. The molecular weight excluding hydrogens is 376 g/mol. The van der Waals surface area contributed by atoms with Crippen LogP contribution in [0.15, 0.2) is 30.3 Å². The standard InChI is InChI=1S/C25H36N2O3/c1-5-26(6-2)13-15-29-20-9-10-21-19(17-20)18-23-22(21)11-12-24(25(23)28)30-16-14-27(7-3)8-4/h9-12,17,28H,5-8,13-16,18H2,1-4H3. The largest absolute Gasteiger partial charge is 0.504 e. The zero-order valence-corrected chi connectivity index (χ0v) is 18.9. The normalized spacial score (nSPS) is 12.3. The highest BCUT2D eigenvalue weighted by Gasteiger charge is 2.24. The van der Waals surface area contributed by atoms with Crippen LogP contribution < -0.4 is 9.47 Å². The van der Waals surface area contributed by atoms with E-state index in [0.29, 0.717) is 25.4 Å². The summed E-state index contributed by atoms with van der Waals surface area (Å²) in [5.41, 5.74) is 4.41. The summed E-state index contributed by atoms with van der Waals surface area (Å²) >= 11 is 0. The second kappa shape index (κ2) is 10.7. The van der Waals surface area contributed by atoms with Crippen LogP contribution in [-0.4, -0.2) is 67.4 Å².